The van der Waals surface area contributed by atoms with Gasteiger partial charge in [0.1, 0.15) is 21.7 Å². The van der Waals surface area contributed by atoms with Crippen molar-refractivity contribution < 1.29 is 18.1 Å². The fraction of sp³-hybridized carbons (Fsp3) is 0.389. The molecule has 1 fully saturated rings. The number of benzene rings is 1. The molecule has 1 saturated heterocycles. The number of nitrogens with one attached hydrogen (secondary N) is 3. The average Bonchev–Trinajstić information content (AvgIpc) is 3.18. The Kier molecular flexibility index (Phi) is 4.75. The molecule has 7 nitrogen and oxygen atoms in total. The highest BCUT2D eigenvalue weighted by atomic mass is 32.2. The van der Waals surface area contributed by atoms with Gasteiger partial charge in [-0.05, 0) is 30.7 Å². The highest BCUT2D eigenvalue weighted by Gasteiger charge is 2.35. The first kappa shape index (κ1) is 18.1. The Labute approximate surface area is 158 Å². The molecule has 9 heteroatoms. The Morgan fingerprint density at radius 2 is 2.22 bits per heavy atom. The smallest absolute Gasteiger partial charge is 0.276 e. The second kappa shape index (κ2) is 7.06. The number of hydrogen-bond donors (Lipinski definition) is 3. The summed E-state index contributed by atoms with van der Waals surface area (Å²) in [6, 6.07) is 4.44. The van der Waals surface area contributed by atoms with Crippen LogP contribution in [-0.4, -0.2) is 40.4 Å². The number of nitrogens with zero attached hydrogens (tertiary/aromatic N) is 1. The van der Waals surface area contributed by atoms with Crippen LogP contribution < -0.4 is 20.1 Å². The van der Waals surface area contributed by atoms with Crippen LogP contribution in [0.15, 0.2) is 29.3 Å². The molecule has 3 unspecified atom stereocenters. The van der Waals surface area contributed by atoms with Crippen LogP contribution in [-0.2, 0) is 18.0 Å². The Hall–Kier alpha value is -2.23. The van der Waals surface area contributed by atoms with Crippen molar-refractivity contribution in [1.82, 2.24) is 14.6 Å². The van der Waals surface area contributed by atoms with Gasteiger partial charge in [0.25, 0.3) is 5.91 Å². The number of anilines is 1. The van der Waals surface area contributed by atoms with Crippen molar-refractivity contribution in [3.63, 3.8) is 0 Å². The Morgan fingerprint density at radius 3 is 3.00 bits per heavy atom. The number of halogens is 1. The number of ether oxygens (including phenoxy) is 1. The third-order valence-corrected chi connectivity index (χ3v) is 6.18. The van der Waals surface area contributed by atoms with Crippen molar-refractivity contribution in [2.45, 2.75) is 17.9 Å². The molecule has 3 N–H and O–H groups in total. The zero-order chi connectivity index (χ0) is 19.1. The molecule has 2 aliphatic rings. The molecular formula is C18H21FN4O3S. The van der Waals surface area contributed by atoms with Gasteiger partial charge in [0.2, 0.25) is 0 Å². The largest absolute Gasteiger partial charge is 0.489 e. The van der Waals surface area contributed by atoms with Crippen LogP contribution in [0.5, 0.6) is 5.75 Å². The van der Waals surface area contributed by atoms with E-state index in [1.165, 1.54) is 12.1 Å². The van der Waals surface area contributed by atoms with Crippen molar-refractivity contribution >= 4 is 22.6 Å². The minimum atomic E-state index is -1.48. The van der Waals surface area contributed by atoms with Gasteiger partial charge in [0, 0.05) is 44.0 Å². The second-order valence-electron chi connectivity index (χ2n) is 6.92. The lowest BCUT2D eigenvalue weighted by molar-refractivity contribution is 0.101. The van der Waals surface area contributed by atoms with E-state index in [4.69, 9.17) is 4.74 Å². The SMILES string of the molecule is Cc1cc(NC(=O)c2c3c(cn2C)S(=O)NC2CNCC2CO3)ccc1F. The first-order chi connectivity index (χ1) is 12.9. The molecular weight excluding hydrogens is 371 g/mol. The number of fused-ring (bicyclic) bond motifs is 2. The van der Waals surface area contributed by atoms with Crippen LogP contribution in [0, 0.1) is 18.7 Å². The van der Waals surface area contributed by atoms with Gasteiger partial charge in [-0.15, -0.1) is 0 Å². The van der Waals surface area contributed by atoms with Crippen molar-refractivity contribution in [3.05, 3.63) is 41.5 Å². The van der Waals surface area contributed by atoms with Gasteiger partial charge >= 0.3 is 0 Å². The summed E-state index contributed by atoms with van der Waals surface area (Å²) in [5.74, 6) is -0.229. The van der Waals surface area contributed by atoms with Gasteiger partial charge in [-0.25, -0.2) is 13.3 Å². The third-order valence-electron chi connectivity index (χ3n) is 4.97. The quantitative estimate of drug-likeness (QED) is 0.720. The van der Waals surface area contributed by atoms with E-state index in [0.717, 1.165) is 13.1 Å². The zero-order valence-electron chi connectivity index (χ0n) is 15.0. The molecule has 2 aliphatic heterocycles. The summed E-state index contributed by atoms with van der Waals surface area (Å²) in [5.41, 5.74) is 1.21. The number of rotatable bonds is 2. The Morgan fingerprint density at radius 1 is 1.41 bits per heavy atom. The fourth-order valence-electron chi connectivity index (χ4n) is 3.46. The fourth-order valence-corrected chi connectivity index (χ4v) is 4.72. The molecule has 0 saturated carbocycles. The van der Waals surface area contributed by atoms with Crippen molar-refractivity contribution in [3.8, 4) is 5.75 Å². The number of hydrogen-bond acceptors (Lipinski definition) is 4. The van der Waals surface area contributed by atoms with Crippen LogP contribution in [0.4, 0.5) is 10.1 Å². The molecule has 27 heavy (non-hydrogen) atoms. The van der Waals surface area contributed by atoms with Crippen molar-refractivity contribution in [2.24, 2.45) is 13.0 Å². The lowest BCUT2D eigenvalue weighted by atomic mass is 10.1. The number of carbonyl (C=O) groups is 1. The molecule has 1 amide bonds. The molecule has 3 heterocycles. The molecule has 4 rings (SSSR count). The topological polar surface area (TPSA) is 84.4 Å². The monoisotopic (exact) mass is 392 g/mol. The zero-order valence-corrected chi connectivity index (χ0v) is 15.9. The molecule has 1 aromatic heterocycles. The standard InChI is InChI=1S/C18H21FN4O3S/c1-10-5-12(3-4-13(10)19)21-18(24)16-17-15(8-23(16)2)27(25)22-14-7-20-6-11(14)9-26-17/h3-5,8,11,14,20,22H,6-7,9H2,1-2H3,(H,21,24). The lowest BCUT2D eigenvalue weighted by Crippen LogP contribution is -2.41. The van der Waals surface area contributed by atoms with Crippen LogP contribution in [0.25, 0.3) is 0 Å². The molecule has 2 aromatic rings. The molecule has 0 radical (unpaired) electrons. The first-order valence-electron chi connectivity index (χ1n) is 8.72. The van der Waals surface area contributed by atoms with E-state index < -0.39 is 16.9 Å². The molecule has 1 aromatic carbocycles. The molecule has 3 atom stereocenters. The number of amides is 1. The van der Waals surface area contributed by atoms with Crippen molar-refractivity contribution in [1.29, 1.82) is 0 Å². The Bertz CT molecular complexity index is 930. The third kappa shape index (κ3) is 3.38. The van der Waals surface area contributed by atoms with Crippen LogP contribution in [0.1, 0.15) is 16.1 Å². The van der Waals surface area contributed by atoms with E-state index in [2.05, 4.69) is 15.4 Å². The van der Waals surface area contributed by atoms with E-state index in [9.17, 15) is 13.4 Å². The summed E-state index contributed by atoms with van der Waals surface area (Å²) >= 11 is 0. The average molecular weight is 392 g/mol. The normalized spacial score (nSPS) is 24.3. The second-order valence-corrected chi connectivity index (χ2v) is 8.14. The summed E-state index contributed by atoms with van der Waals surface area (Å²) in [4.78, 5) is 13.3. The van der Waals surface area contributed by atoms with Crippen LogP contribution >= 0.6 is 0 Å². The van der Waals surface area contributed by atoms with E-state index in [1.54, 1.807) is 30.8 Å². The highest BCUT2D eigenvalue weighted by molar-refractivity contribution is 7.83. The van der Waals surface area contributed by atoms with E-state index in [-0.39, 0.29) is 23.5 Å². The summed E-state index contributed by atoms with van der Waals surface area (Å²) in [5, 5.41) is 6.02. The number of aryl methyl sites for hydroxylation is 2. The van der Waals surface area contributed by atoms with Gasteiger partial charge in [-0.2, -0.15) is 0 Å². The molecule has 0 spiro atoms. The van der Waals surface area contributed by atoms with Crippen LogP contribution in [0.3, 0.4) is 0 Å². The maximum Gasteiger partial charge on any atom is 0.276 e. The first-order valence-corrected chi connectivity index (χ1v) is 9.87. The summed E-state index contributed by atoms with van der Waals surface area (Å²) in [7, 11) is 0.228. The molecule has 0 bridgehead atoms. The number of aromatic nitrogens is 1. The lowest BCUT2D eigenvalue weighted by Gasteiger charge is -2.23. The molecule has 0 aliphatic carbocycles. The number of carbonyl (C=O) groups excluding carboxylic acids is 1. The van der Waals surface area contributed by atoms with E-state index in [0.29, 0.717) is 28.5 Å². The van der Waals surface area contributed by atoms with Crippen molar-refractivity contribution in [2.75, 3.05) is 25.0 Å². The van der Waals surface area contributed by atoms with E-state index in [1.807, 2.05) is 0 Å². The van der Waals surface area contributed by atoms with Gasteiger partial charge < -0.3 is 19.9 Å². The Balaban J connectivity index is 1.64. The predicted molar refractivity (Wildman–Crippen MR) is 99.7 cm³/mol. The van der Waals surface area contributed by atoms with Crippen LogP contribution in [0.2, 0.25) is 0 Å². The van der Waals surface area contributed by atoms with E-state index >= 15 is 0 Å². The van der Waals surface area contributed by atoms with Gasteiger partial charge in [0.15, 0.2) is 11.4 Å². The van der Waals surface area contributed by atoms with Gasteiger partial charge in [-0.1, -0.05) is 0 Å². The summed E-state index contributed by atoms with van der Waals surface area (Å²) in [6.07, 6.45) is 1.64. The predicted octanol–water partition coefficient (Wildman–Crippen LogP) is 1.32. The van der Waals surface area contributed by atoms with Gasteiger partial charge in [0.05, 0.1) is 6.61 Å². The summed E-state index contributed by atoms with van der Waals surface area (Å²) in [6.45, 7) is 3.56. The minimum Gasteiger partial charge on any atom is -0.489 e. The van der Waals surface area contributed by atoms with Gasteiger partial charge in [-0.3, -0.25) is 4.79 Å². The maximum atomic E-state index is 13.4. The highest BCUT2D eigenvalue weighted by Crippen LogP contribution is 2.32. The summed E-state index contributed by atoms with van der Waals surface area (Å²) < 4.78 is 36.9. The molecule has 144 valence electrons. The maximum absolute atomic E-state index is 13.4. The minimum absolute atomic E-state index is 0.0682.